The van der Waals surface area contributed by atoms with Crippen LogP contribution in [0.1, 0.15) is 25.7 Å². The third-order valence-electron chi connectivity index (χ3n) is 4.09. The summed E-state index contributed by atoms with van der Waals surface area (Å²) >= 11 is 9.75. The van der Waals surface area contributed by atoms with E-state index < -0.39 is 0 Å². The summed E-state index contributed by atoms with van der Waals surface area (Å²) in [5.74, 6) is 0. The molecule has 1 aromatic heterocycles. The van der Waals surface area contributed by atoms with Gasteiger partial charge in [-0.2, -0.15) is 0 Å². The van der Waals surface area contributed by atoms with Crippen LogP contribution in [0.5, 0.6) is 0 Å². The second-order valence-corrected chi connectivity index (χ2v) is 6.93. The molecule has 1 fully saturated rings. The summed E-state index contributed by atoms with van der Waals surface area (Å²) in [6.45, 7) is 1.87. The van der Waals surface area contributed by atoms with Gasteiger partial charge in [0.1, 0.15) is 0 Å². The van der Waals surface area contributed by atoms with Gasteiger partial charge >= 0.3 is 0 Å². The van der Waals surface area contributed by atoms with Crippen molar-refractivity contribution in [3.63, 3.8) is 0 Å². The minimum absolute atomic E-state index is 0.210. The number of nitrogens with zero attached hydrogens (tertiary/aromatic N) is 2. The molecule has 0 bridgehead atoms. The van der Waals surface area contributed by atoms with Crippen LogP contribution in [-0.4, -0.2) is 33.3 Å². The molecule has 2 aromatic rings. The summed E-state index contributed by atoms with van der Waals surface area (Å²) in [6, 6.07) is 4.09. The van der Waals surface area contributed by atoms with Crippen molar-refractivity contribution < 1.29 is 5.11 Å². The maximum Gasteiger partial charge on any atom is 0.0958 e. The predicted octanol–water partition coefficient (Wildman–Crippen LogP) is 3.35. The van der Waals surface area contributed by atoms with E-state index in [1.807, 2.05) is 18.5 Å². The normalized spacial score (nSPS) is 22.8. The van der Waals surface area contributed by atoms with Crippen molar-refractivity contribution >= 4 is 38.6 Å². The van der Waals surface area contributed by atoms with Gasteiger partial charge in [-0.05, 0) is 44.4 Å². The van der Waals surface area contributed by atoms with E-state index in [0.29, 0.717) is 5.02 Å². The van der Waals surface area contributed by atoms with Gasteiger partial charge in [-0.3, -0.25) is 0 Å². The quantitative estimate of drug-likeness (QED) is 0.865. The Balaban J connectivity index is 1.65. The third-order valence-corrected chi connectivity index (χ3v) is 4.84. The van der Waals surface area contributed by atoms with Gasteiger partial charge in [-0.25, -0.2) is 4.98 Å². The Labute approximate surface area is 137 Å². The number of aromatic nitrogens is 2. The Morgan fingerprint density at radius 3 is 3.14 bits per heavy atom. The Morgan fingerprint density at radius 2 is 2.33 bits per heavy atom. The fraction of sp³-hybridized carbons (Fsp3) is 0.533. The van der Waals surface area contributed by atoms with Crippen LogP contribution in [0, 0.1) is 0 Å². The Bertz CT molecular complexity index is 631. The lowest BCUT2D eigenvalue weighted by atomic mass is 9.97. The zero-order valence-electron chi connectivity index (χ0n) is 11.7. The van der Waals surface area contributed by atoms with E-state index in [2.05, 4.69) is 30.8 Å². The number of hydrogen-bond acceptors (Lipinski definition) is 3. The standard InChI is InChI=1S/C15H19BrClN3O/c16-10-7-11(17)15-13(8-10)19-9-20(15)6-2-3-12-14(21)4-1-5-18-12/h7-9,12,14,18,21H,1-6H2. The number of nitrogens with one attached hydrogen (secondary N) is 1. The van der Waals surface area contributed by atoms with Gasteiger partial charge in [-0.1, -0.05) is 27.5 Å². The van der Waals surface area contributed by atoms with Crippen molar-refractivity contribution in [2.45, 2.75) is 44.4 Å². The summed E-state index contributed by atoms with van der Waals surface area (Å²) in [6.07, 6.45) is 5.56. The monoisotopic (exact) mass is 371 g/mol. The molecule has 1 saturated heterocycles. The molecule has 3 rings (SSSR count). The molecule has 21 heavy (non-hydrogen) atoms. The number of fused-ring (bicyclic) bond motifs is 1. The highest BCUT2D eigenvalue weighted by molar-refractivity contribution is 9.10. The van der Waals surface area contributed by atoms with Gasteiger partial charge < -0.3 is 15.0 Å². The van der Waals surface area contributed by atoms with Crippen LogP contribution in [0.15, 0.2) is 22.9 Å². The molecular formula is C15H19BrClN3O. The fourth-order valence-corrected chi connectivity index (χ4v) is 3.91. The van der Waals surface area contributed by atoms with Gasteiger partial charge in [-0.15, -0.1) is 0 Å². The number of rotatable bonds is 4. The van der Waals surface area contributed by atoms with Gasteiger partial charge in [0.25, 0.3) is 0 Å². The van der Waals surface area contributed by atoms with Crippen LogP contribution in [0.3, 0.4) is 0 Å². The summed E-state index contributed by atoms with van der Waals surface area (Å²) in [4.78, 5) is 4.40. The molecule has 2 N–H and O–H groups in total. The number of piperidine rings is 1. The summed E-state index contributed by atoms with van der Waals surface area (Å²) in [5.41, 5.74) is 1.89. The lowest BCUT2D eigenvalue weighted by Crippen LogP contribution is -2.44. The summed E-state index contributed by atoms with van der Waals surface area (Å²) < 4.78 is 3.04. The van der Waals surface area contributed by atoms with Crippen molar-refractivity contribution in [3.8, 4) is 0 Å². The first-order valence-electron chi connectivity index (χ1n) is 7.36. The van der Waals surface area contributed by atoms with Crippen molar-refractivity contribution in [1.82, 2.24) is 14.9 Å². The molecule has 1 aliphatic rings. The molecule has 0 spiro atoms. The van der Waals surface area contributed by atoms with Crippen LogP contribution in [-0.2, 0) is 6.54 Å². The minimum Gasteiger partial charge on any atom is -0.392 e. The largest absolute Gasteiger partial charge is 0.392 e. The summed E-state index contributed by atoms with van der Waals surface area (Å²) in [7, 11) is 0. The highest BCUT2D eigenvalue weighted by Crippen LogP contribution is 2.27. The molecule has 4 nitrogen and oxygen atoms in total. The number of aliphatic hydroxyl groups is 1. The van der Waals surface area contributed by atoms with Crippen LogP contribution in [0.2, 0.25) is 5.02 Å². The highest BCUT2D eigenvalue weighted by Gasteiger charge is 2.21. The first-order valence-corrected chi connectivity index (χ1v) is 8.53. The van der Waals surface area contributed by atoms with Crippen molar-refractivity contribution in [3.05, 3.63) is 28.0 Å². The lowest BCUT2D eigenvalue weighted by Gasteiger charge is -2.29. The highest BCUT2D eigenvalue weighted by atomic mass is 79.9. The lowest BCUT2D eigenvalue weighted by molar-refractivity contribution is 0.0909. The van der Waals surface area contributed by atoms with Crippen molar-refractivity contribution in [2.75, 3.05) is 6.54 Å². The fourth-order valence-electron chi connectivity index (χ4n) is 3.01. The van der Waals surface area contributed by atoms with Crippen LogP contribution < -0.4 is 5.32 Å². The van der Waals surface area contributed by atoms with E-state index in [-0.39, 0.29) is 12.1 Å². The maximum atomic E-state index is 9.96. The van der Waals surface area contributed by atoms with E-state index in [9.17, 15) is 5.11 Å². The zero-order chi connectivity index (χ0) is 14.8. The van der Waals surface area contributed by atoms with E-state index in [0.717, 1.165) is 54.3 Å². The van der Waals surface area contributed by atoms with Gasteiger partial charge in [0.05, 0.1) is 28.5 Å². The van der Waals surface area contributed by atoms with E-state index >= 15 is 0 Å². The molecule has 0 aliphatic carbocycles. The second-order valence-electron chi connectivity index (χ2n) is 5.61. The van der Waals surface area contributed by atoms with Gasteiger partial charge in [0, 0.05) is 17.1 Å². The van der Waals surface area contributed by atoms with Crippen molar-refractivity contribution in [2.24, 2.45) is 0 Å². The minimum atomic E-state index is -0.210. The molecule has 2 unspecified atom stereocenters. The number of halogens is 2. The molecule has 2 heterocycles. The second kappa shape index (κ2) is 6.65. The molecule has 0 amide bonds. The van der Waals surface area contributed by atoms with E-state index in [1.54, 1.807) is 0 Å². The van der Waals surface area contributed by atoms with E-state index in [4.69, 9.17) is 11.6 Å². The number of imidazole rings is 1. The molecule has 2 atom stereocenters. The van der Waals surface area contributed by atoms with Crippen molar-refractivity contribution in [1.29, 1.82) is 0 Å². The predicted molar refractivity (Wildman–Crippen MR) is 88.7 cm³/mol. The number of hydrogen-bond donors (Lipinski definition) is 2. The summed E-state index contributed by atoms with van der Waals surface area (Å²) in [5, 5.41) is 14.1. The topological polar surface area (TPSA) is 50.1 Å². The maximum absolute atomic E-state index is 9.96. The Hall–Kier alpha value is -0.620. The number of aryl methyl sites for hydroxylation is 1. The van der Waals surface area contributed by atoms with Gasteiger partial charge in [0.15, 0.2) is 0 Å². The van der Waals surface area contributed by atoms with Crippen LogP contribution in [0.4, 0.5) is 0 Å². The average Bonchev–Trinajstić information content (AvgIpc) is 2.84. The SMILES string of the molecule is OC1CCCNC1CCCn1cnc2cc(Br)cc(Cl)c21. The Morgan fingerprint density at radius 1 is 1.48 bits per heavy atom. The zero-order valence-corrected chi connectivity index (χ0v) is 14.1. The molecule has 114 valence electrons. The first-order chi connectivity index (χ1) is 10.1. The third kappa shape index (κ3) is 3.42. The first kappa shape index (κ1) is 15.3. The smallest absolute Gasteiger partial charge is 0.0958 e. The van der Waals surface area contributed by atoms with Crippen LogP contribution >= 0.6 is 27.5 Å². The van der Waals surface area contributed by atoms with E-state index in [1.165, 1.54) is 0 Å². The number of benzene rings is 1. The molecule has 0 radical (unpaired) electrons. The van der Waals surface area contributed by atoms with Gasteiger partial charge in [0.2, 0.25) is 0 Å². The van der Waals surface area contributed by atoms with Crippen LogP contribution in [0.25, 0.3) is 11.0 Å². The number of aliphatic hydroxyl groups excluding tert-OH is 1. The average molecular weight is 373 g/mol. The molecule has 1 aliphatic heterocycles. The molecule has 0 saturated carbocycles. The molecule has 1 aromatic carbocycles. The molecular weight excluding hydrogens is 354 g/mol. The Kier molecular flexibility index (Phi) is 4.84. The molecule has 6 heteroatoms.